The van der Waals surface area contributed by atoms with Crippen molar-refractivity contribution in [2.45, 2.75) is 24.9 Å². The first kappa shape index (κ1) is 14.0. The highest BCUT2D eigenvalue weighted by Gasteiger charge is 2.45. The lowest BCUT2D eigenvalue weighted by molar-refractivity contribution is -0.150. The van der Waals surface area contributed by atoms with E-state index in [1.807, 2.05) is 36.4 Å². The summed E-state index contributed by atoms with van der Waals surface area (Å²) in [6.07, 6.45) is 0.910. The number of methoxy groups -OCH3 is 1. The summed E-state index contributed by atoms with van der Waals surface area (Å²) in [6, 6.07) is 15.5. The fourth-order valence-electron chi connectivity index (χ4n) is 3.82. The summed E-state index contributed by atoms with van der Waals surface area (Å²) in [5, 5.41) is 0. The van der Waals surface area contributed by atoms with E-state index in [4.69, 9.17) is 4.74 Å². The lowest BCUT2D eigenvalue weighted by Crippen LogP contribution is -2.41. The summed E-state index contributed by atoms with van der Waals surface area (Å²) in [5.41, 5.74) is 4.43. The van der Waals surface area contributed by atoms with E-state index in [-0.39, 0.29) is 17.9 Å². The quantitative estimate of drug-likeness (QED) is 0.801. The highest BCUT2D eigenvalue weighted by Crippen LogP contribution is 2.48. The Balaban J connectivity index is 1.88. The average Bonchev–Trinajstić information content (AvgIpc) is 3.12. The molecule has 2 aromatic carbocycles. The van der Waals surface area contributed by atoms with Crippen LogP contribution in [-0.2, 0) is 14.3 Å². The van der Waals surface area contributed by atoms with Crippen LogP contribution in [-0.4, -0.2) is 29.9 Å². The molecule has 0 N–H and O–H groups in total. The Kier molecular flexibility index (Phi) is 3.18. The van der Waals surface area contributed by atoms with E-state index in [1.54, 1.807) is 4.90 Å². The van der Waals surface area contributed by atoms with Gasteiger partial charge in [0.15, 0.2) is 0 Å². The van der Waals surface area contributed by atoms with Crippen molar-refractivity contribution in [2.75, 3.05) is 7.11 Å². The smallest absolute Gasteiger partial charge is 0.328 e. The zero-order chi connectivity index (χ0) is 16.0. The molecule has 1 atom stereocenters. The number of benzene rings is 2. The number of hydrogen-bond donors (Lipinski definition) is 0. The number of amides is 1. The minimum Gasteiger partial charge on any atom is -0.467 e. The molecule has 4 nitrogen and oxygen atoms in total. The van der Waals surface area contributed by atoms with Crippen molar-refractivity contribution in [1.29, 1.82) is 0 Å². The van der Waals surface area contributed by atoms with Gasteiger partial charge in [0.25, 0.3) is 0 Å². The summed E-state index contributed by atoms with van der Waals surface area (Å²) < 4.78 is 4.92. The van der Waals surface area contributed by atoms with Crippen molar-refractivity contribution < 1.29 is 14.3 Å². The standard InChI is InChI=1S/C19H17NO3/c1-23-19(22)16-10-11-17(21)20(16)18-14-8-4-2-6-12(14)13-7-3-5-9-15(13)18/h2-9,16,18H,10-11H2,1H3. The number of likely N-dealkylation sites (tertiary alicyclic amines) is 1. The summed E-state index contributed by atoms with van der Waals surface area (Å²) in [6.45, 7) is 0. The van der Waals surface area contributed by atoms with Gasteiger partial charge in [-0.3, -0.25) is 4.79 Å². The molecule has 0 bridgehead atoms. The van der Waals surface area contributed by atoms with Gasteiger partial charge in [-0.2, -0.15) is 0 Å². The van der Waals surface area contributed by atoms with Crippen LogP contribution in [0.2, 0.25) is 0 Å². The van der Waals surface area contributed by atoms with Gasteiger partial charge in [0, 0.05) is 6.42 Å². The molecule has 116 valence electrons. The van der Waals surface area contributed by atoms with Crippen LogP contribution in [0.15, 0.2) is 48.5 Å². The number of carbonyl (C=O) groups excluding carboxylic acids is 2. The molecule has 1 aliphatic carbocycles. The van der Waals surface area contributed by atoms with Gasteiger partial charge >= 0.3 is 5.97 Å². The van der Waals surface area contributed by atoms with E-state index in [0.717, 1.165) is 22.3 Å². The number of carbonyl (C=O) groups is 2. The lowest BCUT2D eigenvalue weighted by Gasteiger charge is -2.30. The van der Waals surface area contributed by atoms with Crippen molar-refractivity contribution >= 4 is 11.9 Å². The molecule has 1 heterocycles. The van der Waals surface area contributed by atoms with Crippen LogP contribution in [0.3, 0.4) is 0 Å². The first-order chi connectivity index (χ1) is 11.2. The maximum Gasteiger partial charge on any atom is 0.328 e. The topological polar surface area (TPSA) is 46.6 Å². The Hall–Kier alpha value is -2.62. The van der Waals surface area contributed by atoms with Crippen LogP contribution in [0.5, 0.6) is 0 Å². The molecule has 0 spiro atoms. The van der Waals surface area contributed by atoms with Gasteiger partial charge in [0.2, 0.25) is 5.91 Å². The molecule has 1 saturated heterocycles. The van der Waals surface area contributed by atoms with Gasteiger partial charge in [0.1, 0.15) is 6.04 Å². The van der Waals surface area contributed by atoms with Crippen molar-refractivity contribution in [3.8, 4) is 11.1 Å². The van der Waals surface area contributed by atoms with Gasteiger partial charge in [-0.1, -0.05) is 48.5 Å². The Morgan fingerprint density at radius 3 is 2.17 bits per heavy atom. The third-order valence-electron chi connectivity index (χ3n) is 4.81. The molecule has 2 aliphatic rings. The Bertz CT molecular complexity index is 753. The van der Waals surface area contributed by atoms with Gasteiger partial charge in [0.05, 0.1) is 13.2 Å². The lowest BCUT2D eigenvalue weighted by atomic mass is 10.0. The summed E-state index contributed by atoms with van der Waals surface area (Å²) >= 11 is 0. The van der Waals surface area contributed by atoms with Crippen LogP contribution < -0.4 is 0 Å². The van der Waals surface area contributed by atoms with E-state index in [2.05, 4.69) is 12.1 Å². The molecule has 1 fully saturated rings. The molecule has 0 saturated carbocycles. The number of ether oxygens (including phenoxy) is 1. The Labute approximate surface area is 134 Å². The van der Waals surface area contributed by atoms with E-state index in [0.29, 0.717) is 12.8 Å². The molecule has 23 heavy (non-hydrogen) atoms. The third-order valence-corrected chi connectivity index (χ3v) is 4.81. The molecule has 4 rings (SSSR count). The summed E-state index contributed by atoms with van der Waals surface area (Å²) in [5.74, 6) is -0.324. The number of esters is 1. The number of nitrogens with zero attached hydrogens (tertiary/aromatic N) is 1. The van der Waals surface area contributed by atoms with Crippen molar-refractivity contribution in [2.24, 2.45) is 0 Å². The van der Waals surface area contributed by atoms with Crippen LogP contribution in [0.1, 0.15) is 30.0 Å². The molecular weight excluding hydrogens is 290 g/mol. The molecule has 1 aliphatic heterocycles. The normalized spacial score (nSPS) is 19.6. The second-order valence-corrected chi connectivity index (χ2v) is 5.96. The minimum absolute atomic E-state index is 0.0110. The molecule has 2 aromatic rings. The minimum atomic E-state index is -0.503. The molecular formula is C19H17NO3. The van der Waals surface area contributed by atoms with E-state index in [1.165, 1.54) is 7.11 Å². The molecule has 0 radical (unpaired) electrons. The van der Waals surface area contributed by atoms with E-state index < -0.39 is 6.04 Å². The predicted octanol–water partition coefficient (Wildman–Crippen LogP) is 2.92. The number of rotatable bonds is 2. The van der Waals surface area contributed by atoms with Crippen LogP contribution >= 0.6 is 0 Å². The molecule has 0 aromatic heterocycles. The van der Waals surface area contributed by atoms with Gasteiger partial charge in [-0.15, -0.1) is 0 Å². The van der Waals surface area contributed by atoms with Crippen LogP contribution in [0.25, 0.3) is 11.1 Å². The predicted molar refractivity (Wildman–Crippen MR) is 85.6 cm³/mol. The van der Waals surface area contributed by atoms with E-state index >= 15 is 0 Å². The highest BCUT2D eigenvalue weighted by atomic mass is 16.5. The van der Waals surface area contributed by atoms with Crippen LogP contribution in [0.4, 0.5) is 0 Å². The van der Waals surface area contributed by atoms with Gasteiger partial charge in [-0.05, 0) is 28.7 Å². The Morgan fingerprint density at radius 1 is 1.04 bits per heavy atom. The van der Waals surface area contributed by atoms with E-state index in [9.17, 15) is 9.59 Å². The molecule has 4 heteroatoms. The van der Waals surface area contributed by atoms with Crippen molar-refractivity contribution in [1.82, 2.24) is 4.90 Å². The van der Waals surface area contributed by atoms with Crippen LogP contribution in [0, 0.1) is 0 Å². The fraction of sp³-hybridized carbons (Fsp3) is 0.263. The molecule has 1 unspecified atom stereocenters. The first-order valence-electron chi connectivity index (χ1n) is 7.79. The maximum atomic E-state index is 12.5. The SMILES string of the molecule is COC(=O)C1CCC(=O)N1C1c2ccccc2-c2ccccc21. The Morgan fingerprint density at radius 2 is 1.61 bits per heavy atom. The zero-order valence-electron chi connectivity index (χ0n) is 12.9. The fourth-order valence-corrected chi connectivity index (χ4v) is 3.82. The highest BCUT2D eigenvalue weighted by molar-refractivity contribution is 5.90. The second-order valence-electron chi connectivity index (χ2n) is 5.96. The van der Waals surface area contributed by atoms with Crippen molar-refractivity contribution in [3.63, 3.8) is 0 Å². The summed E-state index contributed by atoms with van der Waals surface area (Å²) in [7, 11) is 1.37. The third kappa shape index (κ3) is 1.98. The number of fused-ring (bicyclic) bond motifs is 3. The summed E-state index contributed by atoms with van der Waals surface area (Å²) in [4.78, 5) is 26.4. The van der Waals surface area contributed by atoms with Gasteiger partial charge < -0.3 is 9.64 Å². The number of hydrogen-bond acceptors (Lipinski definition) is 3. The second kappa shape index (κ2) is 5.23. The molecule has 1 amide bonds. The zero-order valence-corrected chi connectivity index (χ0v) is 12.9. The van der Waals surface area contributed by atoms with Gasteiger partial charge in [-0.25, -0.2) is 4.79 Å². The average molecular weight is 307 g/mol. The largest absolute Gasteiger partial charge is 0.467 e. The monoisotopic (exact) mass is 307 g/mol. The first-order valence-corrected chi connectivity index (χ1v) is 7.79. The maximum absolute atomic E-state index is 12.5. The van der Waals surface area contributed by atoms with Crippen molar-refractivity contribution in [3.05, 3.63) is 59.7 Å².